The van der Waals surface area contributed by atoms with Crippen molar-refractivity contribution in [3.05, 3.63) is 36.0 Å². The first-order chi connectivity index (χ1) is 10.0. The van der Waals surface area contributed by atoms with Gasteiger partial charge in [-0.3, -0.25) is 4.79 Å². The van der Waals surface area contributed by atoms with E-state index in [0.717, 1.165) is 17.3 Å². The maximum atomic E-state index is 12.5. The Labute approximate surface area is 123 Å². The molecule has 112 valence electrons. The van der Waals surface area contributed by atoms with Crippen LogP contribution in [-0.2, 0) is 9.53 Å². The predicted octanol–water partition coefficient (Wildman–Crippen LogP) is 2.63. The van der Waals surface area contributed by atoms with Crippen LogP contribution in [-0.4, -0.2) is 29.5 Å². The predicted molar refractivity (Wildman–Crippen MR) is 81.1 cm³/mol. The lowest BCUT2D eigenvalue weighted by Crippen LogP contribution is -2.52. The third kappa shape index (κ3) is 2.91. The summed E-state index contributed by atoms with van der Waals surface area (Å²) in [7, 11) is 1.33. The van der Waals surface area contributed by atoms with Crippen LogP contribution in [0.5, 0.6) is 0 Å². The Morgan fingerprint density at radius 1 is 1.33 bits per heavy atom. The van der Waals surface area contributed by atoms with Gasteiger partial charge in [-0.1, -0.05) is 19.4 Å². The minimum absolute atomic E-state index is 0.276. The number of carbonyl (C=O) groups excluding carboxylic acids is 2. The number of aromatic nitrogens is 1. The Bertz CT molecular complexity index is 662. The molecular formula is C16H20N2O3. The zero-order valence-electron chi connectivity index (χ0n) is 12.5. The summed E-state index contributed by atoms with van der Waals surface area (Å²) in [4.78, 5) is 27.6. The SMILES string of the molecule is CCCC(C)(NC(=O)c1cccc2[nH]ccc12)C(=O)OC. The van der Waals surface area contributed by atoms with Crippen LogP contribution in [0.1, 0.15) is 37.0 Å². The smallest absolute Gasteiger partial charge is 0.331 e. The Kier molecular flexibility index (Phi) is 4.31. The number of carbonyl (C=O) groups is 2. The lowest BCUT2D eigenvalue weighted by Gasteiger charge is -2.27. The second-order valence-electron chi connectivity index (χ2n) is 5.27. The molecule has 1 unspecified atom stereocenters. The van der Waals surface area contributed by atoms with Crippen LogP contribution >= 0.6 is 0 Å². The van der Waals surface area contributed by atoms with Crippen LogP contribution in [0.3, 0.4) is 0 Å². The van der Waals surface area contributed by atoms with Gasteiger partial charge in [0.05, 0.1) is 7.11 Å². The monoisotopic (exact) mass is 288 g/mol. The molecule has 1 aromatic carbocycles. The van der Waals surface area contributed by atoms with E-state index in [0.29, 0.717) is 12.0 Å². The van der Waals surface area contributed by atoms with Gasteiger partial charge in [0.25, 0.3) is 5.91 Å². The Morgan fingerprint density at radius 3 is 2.76 bits per heavy atom. The summed E-state index contributed by atoms with van der Waals surface area (Å²) < 4.78 is 4.82. The molecule has 0 aliphatic rings. The van der Waals surface area contributed by atoms with Gasteiger partial charge in [-0.15, -0.1) is 0 Å². The lowest BCUT2D eigenvalue weighted by atomic mass is 9.95. The summed E-state index contributed by atoms with van der Waals surface area (Å²) in [6.07, 6.45) is 3.07. The van der Waals surface area contributed by atoms with Crippen LogP contribution in [0, 0.1) is 0 Å². The summed E-state index contributed by atoms with van der Waals surface area (Å²) >= 11 is 0. The Hall–Kier alpha value is -2.30. The van der Waals surface area contributed by atoms with Crippen molar-refractivity contribution in [2.24, 2.45) is 0 Å². The minimum Gasteiger partial charge on any atom is -0.467 e. The molecule has 1 aromatic heterocycles. The number of fused-ring (bicyclic) bond motifs is 1. The molecule has 1 heterocycles. The number of methoxy groups -OCH3 is 1. The van der Waals surface area contributed by atoms with E-state index in [-0.39, 0.29) is 5.91 Å². The minimum atomic E-state index is -1.01. The molecule has 5 nitrogen and oxygen atoms in total. The maximum Gasteiger partial charge on any atom is 0.331 e. The average Bonchev–Trinajstić information content (AvgIpc) is 2.94. The van der Waals surface area contributed by atoms with Crippen molar-refractivity contribution in [1.29, 1.82) is 0 Å². The second-order valence-corrected chi connectivity index (χ2v) is 5.27. The molecular weight excluding hydrogens is 268 g/mol. The fourth-order valence-corrected chi connectivity index (χ4v) is 2.54. The summed E-state index contributed by atoms with van der Waals surface area (Å²) in [6.45, 7) is 3.65. The number of ether oxygens (including phenoxy) is 1. The molecule has 21 heavy (non-hydrogen) atoms. The van der Waals surface area contributed by atoms with Crippen LogP contribution in [0.2, 0.25) is 0 Å². The van der Waals surface area contributed by atoms with Gasteiger partial charge >= 0.3 is 5.97 Å². The molecule has 0 fully saturated rings. The summed E-state index contributed by atoms with van der Waals surface area (Å²) in [6, 6.07) is 7.30. The normalized spacial score (nSPS) is 13.7. The van der Waals surface area contributed by atoms with Gasteiger partial charge in [-0.25, -0.2) is 4.79 Å². The van der Waals surface area contributed by atoms with Crippen LogP contribution in [0.15, 0.2) is 30.5 Å². The number of aromatic amines is 1. The molecule has 0 saturated carbocycles. The number of amides is 1. The van der Waals surface area contributed by atoms with Crippen LogP contribution < -0.4 is 5.32 Å². The largest absolute Gasteiger partial charge is 0.467 e. The molecule has 2 aromatic rings. The van der Waals surface area contributed by atoms with Gasteiger partial charge in [-0.05, 0) is 31.5 Å². The van der Waals surface area contributed by atoms with E-state index >= 15 is 0 Å². The van der Waals surface area contributed by atoms with Crippen molar-refractivity contribution in [3.63, 3.8) is 0 Å². The first kappa shape index (κ1) is 15.1. The van der Waals surface area contributed by atoms with Gasteiger partial charge in [0.15, 0.2) is 0 Å². The van der Waals surface area contributed by atoms with Gasteiger partial charge in [0.1, 0.15) is 5.54 Å². The number of nitrogens with one attached hydrogen (secondary N) is 2. The third-order valence-corrected chi connectivity index (χ3v) is 3.61. The topological polar surface area (TPSA) is 71.2 Å². The summed E-state index contributed by atoms with van der Waals surface area (Å²) in [5.41, 5.74) is 0.414. The van der Waals surface area contributed by atoms with E-state index in [2.05, 4.69) is 10.3 Å². The van der Waals surface area contributed by atoms with E-state index in [1.807, 2.05) is 25.1 Å². The quantitative estimate of drug-likeness (QED) is 0.831. The van der Waals surface area contributed by atoms with Crippen molar-refractivity contribution in [2.75, 3.05) is 7.11 Å². The van der Waals surface area contributed by atoms with Crippen LogP contribution in [0.4, 0.5) is 0 Å². The van der Waals surface area contributed by atoms with E-state index in [4.69, 9.17) is 4.74 Å². The molecule has 0 aliphatic heterocycles. The maximum absolute atomic E-state index is 12.5. The molecule has 1 atom stereocenters. The molecule has 0 saturated heterocycles. The first-order valence-electron chi connectivity index (χ1n) is 6.99. The average molecular weight is 288 g/mol. The molecule has 2 N–H and O–H groups in total. The zero-order chi connectivity index (χ0) is 15.5. The molecule has 2 rings (SSSR count). The van der Waals surface area contributed by atoms with Crippen molar-refractivity contribution in [3.8, 4) is 0 Å². The van der Waals surface area contributed by atoms with Gasteiger partial charge in [0.2, 0.25) is 0 Å². The number of H-pyrrole nitrogens is 1. The highest BCUT2D eigenvalue weighted by molar-refractivity contribution is 6.07. The molecule has 1 amide bonds. The van der Waals surface area contributed by atoms with Crippen molar-refractivity contribution in [1.82, 2.24) is 10.3 Å². The van der Waals surface area contributed by atoms with Crippen molar-refractivity contribution in [2.45, 2.75) is 32.2 Å². The number of hydrogen-bond acceptors (Lipinski definition) is 3. The molecule has 0 bridgehead atoms. The van der Waals surface area contributed by atoms with E-state index < -0.39 is 11.5 Å². The third-order valence-electron chi connectivity index (χ3n) is 3.61. The Morgan fingerprint density at radius 2 is 2.10 bits per heavy atom. The van der Waals surface area contributed by atoms with Crippen molar-refractivity contribution >= 4 is 22.8 Å². The highest BCUT2D eigenvalue weighted by Crippen LogP contribution is 2.20. The van der Waals surface area contributed by atoms with Gasteiger partial charge in [0, 0.05) is 22.7 Å². The second kappa shape index (κ2) is 5.99. The Balaban J connectivity index is 2.31. The zero-order valence-corrected chi connectivity index (χ0v) is 12.5. The summed E-state index contributed by atoms with van der Waals surface area (Å²) in [5.74, 6) is -0.708. The van der Waals surface area contributed by atoms with E-state index in [1.54, 1.807) is 19.2 Å². The number of hydrogen-bond donors (Lipinski definition) is 2. The highest BCUT2D eigenvalue weighted by atomic mass is 16.5. The number of benzene rings is 1. The van der Waals surface area contributed by atoms with Gasteiger partial charge < -0.3 is 15.0 Å². The van der Waals surface area contributed by atoms with E-state index in [1.165, 1.54) is 7.11 Å². The molecule has 0 aliphatic carbocycles. The standard InChI is InChI=1S/C16H20N2O3/c1-4-9-16(2,15(20)21-3)18-14(19)12-6-5-7-13-11(12)8-10-17-13/h5-8,10,17H,4,9H2,1-3H3,(H,18,19). The molecule has 0 radical (unpaired) electrons. The van der Waals surface area contributed by atoms with Crippen molar-refractivity contribution < 1.29 is 14.3 Å². The highest BCUT2D eigenvalue weighted by Gasteiger charge is 2.35. The fraction of sp³-hybridized carbons (Fsp3) is 0.375. The molecule has 5 heteroatoms. The first-order valence-corrected chi connectivity index (χ1v) is 6.99. The lowest BCUT2D eigenvalue weighted by molar-refractivity contribution is -0.147. The van der Waals surface area contributed by atoms with Crippen LogP contribution in [0.25, 0.3) is 10.9 Å². The fourth-order valence-electron chi connectivity index (χ4n) is 2.54. The summed E-state index contributed by atoms with van der Waals surface area (Å²) in [5, 5.41) is 3.65. The van der Waals surface area contributed by atoms with E-state index in [9.17, 15) is 9.59 Å². The van der Waals surface area contributed by atoms with Gasteiger partial charge in [-0.2, -0.15) is 0 Å². The number of rotatable bonds is 5. The number of esters is 1. The molecule has 0 spiro atoms.